The monoisotopic (exact) mass is 461 g/mol. The van der Waals surface area contributed by atoms with Gasteiger partial charge in [0.05, 0.1) is 11.8 Å². The third kappa shape index (κ3) is 5.15. The van der Waals surface area contributed by atoms with E-state index < -0.39 is 17.9 Å². The molecule has 174 valence electrons. The van der Waals surface area contributed by atoms with Gasteiger partial charge in [0.1, 0.15) is 6.04 Å². The molecule has 0 bridgehead atoms. The van der Waals surface area contributed by atoms with Crippen molar-refractivity contribution in [3.05, 3.63) is 41.4 Å². The maximum absolute atomic E-state index is 13.5. The summed E-state index contributed by atoms with van der Waals surface area (Å²) in [7, 11) is 1.57. The molecule has 1 aromatic rings. The number of carbonyl (C=O) groups is 3. The van der Waals surface area contributed by atoms with Crippen LogP contribution in [0.15, 0.2) is 36.4 Å². The summed E-state index contributed by atoms with van der Waals surface area (Å²) in [6.07, 6.45) is 7.06. The minimum Gasteiger partial charge on any atom is -0.396 e. The third-order valence-electron chi connectivity index (χ3n) is 6.51. The Morgan fingerprint density at radius 2 is 1.75 bits per heavy atom. The molecule has 1 aromatic carbocycles. The van der Waals surface area contributed by atoms with Crippen molar-refractivity contribution in [3.63, 3.8) is 0 Å². The van der Waals surface area contributed by atoms with Crippen LogP contribution in [-0.4, -0.2) is 54.0 Å². The van der Waals surface area contributed by atoms with Crippen molar-refractivity contribution in [1.82, 2.24) is 10.2 Å². The van der Waals surface area contributed by atoms with Gasteiger partial charge < -0.3 is 20.6 Å². The quantitative estimate of drug-likeness (QED) is 0.389. The zero-order valence-corrected chi connectivity index (χ0v) is 19.3. The molecule has 3 N–H and O–H groups in total. The van der Waals surface area contributed by atoms with Crippen LogP contribution in [0.1, 0.15) is 32.6 Å². The van der Waals surface area contributed by atoms with Gasteiger partial charge in [-0.25, -0.2) is 0 Å². The Morgan fingerprint density at radius 3 is 2.41 bits per heavy atom. The fourth-order valence-electron chi connectivity index (χ4n) is 4.90. The zero-order chi connectivity index (χ0) is 23.3. The number of rotatable bonds is 9. The Balaban J connectivity index is 1.86. The number of carbonyl (C=O) groups excluding carboxylic acids is 3. The van der Waals surface area contributed by atoms with Gasteiger partial charge in [-0.3, -0.25) is 14.4 Å². The summed E-state index contributed by atoms with van der Waals surface area (Å²) in [5.74, 6) is -2.11. The molecular weight excluding hydrogens is 430 g/mol. The standard InChI is InChI=1S/C24H32ClN3O4/c1-15-7-12-18-20(19(15)22(30)26-2)24(32)28(13-5-3-4-6-14-29)21(18)23(31)27-17-10-8-16(25)9-11-17/h7-12,15,18-21,29H,3-6,13-14H2,1-2H3,(H,26,30)(H,27,31)/t15-,18+,19-,20-,21+/m1/s1. The Kier molecular flexibility index (Phi) is 8.32. The number of unbranched alkanes of at least 4 members (excludes halogenated alkanes) is 3. The van der Waals surface area contributed by atoms with Gasteiger partial charge in [0.25, 0.3) is 0 Å². The third-order valence-corrected chi connectivity index (χ3v) is 6.76. The number of aliphatic hydroxyl groups is 1. The van der Waals surface area contributed by atoms with Crippen LogP contribution in [0.2, 0.25) is 5.02 Å². The van der Waals surface area contributed by atoms with E-state index in [1.54, 1.807) is 36.2 Å². The van der Waals surface area contributed by atoms with Gasteiger partial charge >= 0.3 is 0 Å². The van der Waals surface area contributed by atoms with Crippen molar-refractivity contribution < 1.29 is 19.5 Å². The lowest BCUT2D eigenvalue weighted by molar-refractivity contribution is -0.140. The molecule has 32 heavy (non-hydrogen) atoms. The highest BCUT2D eigenvalue weighted by atomic mass is 35.5. The second-order valence-corrected chi connectivity index (χ2v) is 9.03. The van der Waals surface area contributed by atoms with E-state index in [9.17, 15) is 14.4 Å². The Hall–Kier alpha value is -2.38. The van der Waals surface area contributed by atoms with Gasteiger partial charge in [-0.15, -0.1) is 0 Å². The lowest BCUT2D eigenvalue weighted by atomic mass is 9.70. The first-order valence-corrected chi connectivity index (χ1v) is 11.6. The highest BCUT2D eigenvalue weighted by molar-refractivity contribution is 6.30. The van der Waals surface area contributed by atoms with Crippen LogP contribution in [0.25, 0.3) is 0 Å². The van der Waals surface area contributed by atoms with Crippen molar-refractivity contribution in [2.45, 2.75) is 38.6 Å². The van der Waals surface area contributed by atoms with Crippen molar-refractivity contribution in [2.75, 3.05) is 25.5 Å². The predicted molar refractivity (Wildman–Crippen MR) is 124 cm³/mol. The summed E-state index contributed by atoms with van der Waals surface area (Å²) < 4.78 is 0. The molecule has 2 aliphatic rings. The molecule has 3 rings (SSSR count). The Morgan fingerprint density at radius 1 is 1.06 bits per heavy atom. The molecular formula is C24H32ClN3O4. The molecule has 0 radical (unpaired) electrons. The number of anilines is 1. The minimum absolute atomic E-state index is 0.0929. The maximum atomic E-state index is 13.5. The van der Waals surface area contributed by atoms with Crippen LogP contribution < -0.4 is 10.6 Å². The first kappa shape index (κ1) is 24.3. The van der Waals surface area contributed by atoms with Crippen molar-refractivity contribution in [1.29, 1.82) is 0 Å². The number of nitrogens with zero attached hydrogens (tertiary/aromatic N) is 1. The second kappa shape index (κ2) is 11.0. The molecule has 0 unspecified atom stereocenters. The van der Waals surface area contributed by atoms with Gasteiger partial charge in [0.2, 0.25) is 17.7 Å². The molecule has 7 nitrogen and oxygen atoms in total. The molecule has 1 heterocycles. The molecule has 1 fully saturated rings. The number of benzene rings is 1. The molecule has 8 heteroatoms. The topological polar surface area (TPSA) is 98.7 Å². The largest absolute Gasteiger partial charge is 0.396 e. The number of nitrogens with one attached hydrogen (secondary N) is 2. The van der Waals surface area contributed by atoms with Gasteiger partial charge in [-0.1, -0.05) is 43.5 Å². The number of amides is 3. The second-order valence-electron chi connectivity index (χ2n) is 8.60. The van der Waals surface area contributed by atoms with E-state index >= 15 is 0 Å². The molecule has 0 spiro atoms. The van der Waals surface area contributed by atoms with Crippen molar-refractivity contribution >= 4 is 35.0 Å². The van der Waals surface area contributed by atoms with Crippen LogP contribution in [0.5, 0.6) is 0 Å². The highest BCUT2D eigenvalue weighted by Gasteiger charge is 2.56. The van der Waals surface area contributed by atoms with Gasteiger partial charge in [-0.05, 0) is 43.0 Å². The van der Waals surface area contributed by atoms with E-state index in [-0.39, 0.29) is 36.2 Å². The maximum Gasteiger partial charge on any atom is 0.247 e. The normalized spacial score (nSPS) is 26.7. The molecule has 3 amide bonds. The van der Waals surface area contributed by atoms with Crippen molar-refractivity contribution in [2.24, 2.45) is 23.7 Å². The number of fused-ring (bicyclic) bond motifs is 1. The van der Waals surface area contributed by atoms with E-state index in [1.165, 1.54) is 0 Å². The van der Waals surface area contributed by atoms with Crippen molar-refractivity contribution in [3.8, 4) is 0 Å². The number of likely N-dealkylation sites (tertiary alicyclic amines) is 1. The number of hydrogen-bond acceptors (Lipinski definition) is 4. The SMILES string of the molecule is CNC(=O)[C@H]1[C@@H]2C(=O)N(CCCCCCO)[C@H](C(=O)Nc3ccc(Cl)cc3)[C@H]2C=C[C@H]1C. The Bertz CT molecular complexity index is 857. The zero-order valence-electron chi connectivity index (χ0n) is 18.6. The number of allylic oxidation sites excluding steroid dienone is 1. The van der Waals surface area contributed by atoms with Crippen LogP contribution in [0, 0.1) is 23.7 Å². The molecule has 1 aliphatic heterocycles. The first-order valence-electron chi connectivity index (χ1n) is 11.3. The average Bonchev–Trinajstić information content (AvgIpc) is 3.06. The predicted octanol–water partition coefficient (Wildman–Crippen LogP) is 2.84. The molecule has 1 aliphatic carbocycles. The molecule has 0 aromatic heterocycles. The van der Waals surface area contributed by atoms with Crippen LogP contribution in [0.4, 0.5) is 5.69 Å². The lowest BCUT2D eigenvalue weighted by Crippen LogP contribution is -2.45. The van der Waals surface area contributed by atoms with Gasteiger partial charge in [0, 0.05) is 36.8 Å². The van der Waals surface area contributed by atoms with Gasteiger partial charge in [-0.2, -0.15) is 0 Å². The van der Waals surface area contributed by atoms with Crippen LogP contribution >= 0.6 is 11.6 Å². The lowest BCUT2D eigenvalue weighted by Gasteiger charge is -2.32. The number of aliphatic hydroxyl groups excluding tert-OH is 1. The number of halogens is 1. The van der Waals surface area contributed by atoms with E-state index in [0.29, 0.717) is 17.3 Å². The fourth-order valence-corrected chi connectivity index (χ4v) is 5.02. The van der Waals surface area contributed by atoms with Gasteiger partial charge in [0.15, 0.2) is 0 Å². The molecule has 5 atom stereocenters. The summed E-state index contributed by atoms with van der Waals surface area (Å²) in [6, 6.07) is 6.15. The van der Waals surface area contributed by atoms with Crippen LogP contribution in [-0.2, 0) is 14.4 Å². The average molecular weight is 462 g/mol. The van der Waals surface area contributed by atoms with E-state index in [4.69, 9.17) is 16.7 Å². The summed E-state index contributed by atoms with van der Waals surface area (Å²) in [5.41, 5.74) is 0.606. The fraction of sp³-hybridized carbons (Fsp3) is 0.542. The van der Waals surface area contributed by atoms with E-state index in [0.717, 1.165) is 25.7 Å². The summed E-state index contributed by atoms with van der Waals surface area (Å²) >= 11 is 5.95. The summed E-state index contributed by atoms with van der Waals surface area (Å²) in [4.78, 5) is 41.2. The molecule has 0 saturated carbocycles. The smallest absolute Gasteiger partial charge is 0.247 e. The van der Waals surface area contributed by atoms with E-state index in [2.05, 4.69) is 10.6 Å². The molecule has 1 saturated heterocycles. The summed E-state index contributed by atoms with van der Waals surface area (Å²) in [5, 5.41) is 15.2. The van der Waals surface area contributed by atoms with Crippen LogP contribution in [0.3, 0.4) is 0 Å². The summed E-state index contributed by atoms with van der Waals surface area (Å²) in [6.45, 7) is 2.52. The highest BCUT2D eigenvalue weighted by Crippen LogP contribution is 2.44. The van der Waals surface area contributed by atoms with E-state index in [1.807, 2.05) is 19.1 Å². The minimum atomic E-state index is -0.683. The first-order chi connectivity index (χ1) is 15.4. The number of hydrogen-bond donors (Lipinski definition) is 3. The Labute approximate surface area is 194 Å².